The topological polar surface area (TPSA) is 38.3 Å². The summed E-state index contributed by atoms with van der Waals surface area (Å²) in [6.45, 7) is 2.73. The lowest BCUT2D eigenvalue weighted by atomic mass is 10.1. The van der Waals surface area contributed by atoms with Crippen molar-refractivity contribution in [3.05, 3.63) is 71.3 Å². The second-order valence-electron chi connectivity index (χ2n) is 5.36. The van der Waals surface area contributed by atoms with Crippen LogP contribution in [0.15, 0.2) is 54.6 Å². The number of carbonyl (C=O) groups is 1. The molecular formula is C19H23NO2S. The fraction of sp³-hybridized carbons (Fsp3) is 0.316. The van der Waals surface area contributed by atoms with Crippen molar-refractivity contribution < 1.29 is 9.53 Å². The van der Waals surface area contributed by atoms with E-state index in [0.717, 1.165) is 17.1 Å². The van der Waals surface area contributed by atoms with Gasteiger partial charge in [-0.2, -0.15) is 11.8 Å². The summed E-state index contributed by atoms with van der Waals surface area (Å²) in [7, 11) is 1.56. The Bertz CT molecular complexity index is 599. The number of rotatable bonds is 8. The van der Waals surface area contributed by atoms with E-state index in [4.69, 9.17) is 4.74 Å². The van der Waals surface area contributed by atoms with Gasteiger partial charge in [-0.25, -0.2) is 0 Å². The van der Waals surface area contributed by atoms with Crippen molar-refractivity contribution in [2.75, 3.05) is 19.4 Å². The van der Waals surface area contributed by atoms with Crippen LogP contribution < -0.4 is 5.32 Å². The standard InChI is InChI=1S/C19H23NO2S/c1-15-8-10-16(11-9-15)14-23-13-12-20-19(21)18(22-2)17-6-4-3-5-7-17/h3-11,18H,12-14H2,1-2H3,(H,20,21)/t18-/m0/s1. The number of benzene rings is 2. The molecular weight excluding hydrogens is 306 g/mol. The minimum atomic E-state index is -0.543. The first-order valence-electron chi connectivity index (χ1n) is 7.69. The largest absolute Gasteiger partial charge is 0.367 e. The van der Waals surface area contributed by atoms with Crippen LogP contribution in [-0.2, 0) is 15.3 Å². The Hall–Kier alpha value is -1.78. The fourth-order valence-electron chi connectivity index (χ4n) is 2.24. The quantitative estimate of drug-likeness (QED) is 0.750. The van der Waals surface area contributed by atoms with Crippen molar-refractivity contribution in [3.8, 4) is 0 Å². The molecule has 2 rings (SSSR count). The van der Waals surface area contributed by atoms with Gasteiger partial charge in [0.1, 0.15) is 0 Å². The number of thioether (sulfide) groups is 1. The molecule has 2 aromatic rings. The molecule has 0 saturated carbocycles. The lowest BCUT2D eigenvalue weighted by Gasteiger charge is -2.15. The van der Waals surface area contributed by atoms with Gasteiger partial charge in [0.05, 0.1) is 0 Å². The summed E-state index contributed by atoms with van der Waals surface area (Å²) in [6, 6.07) is 18.1. The van der Waals surface area contributed by atoms with Crippen LogP contribution in [0.2, 0.25) is 0 Å². The highest BCUT2D eigenvalue weighted by atomic mass is 32.2. The predicted octanol–water partition coefficient (Wildman–Crippen LogP) is 3.73. The lowest BCUT2D eigenvalue weighted by molar-refractivity contribution is -0.131. The Morgan fingerprint density at radius 1 is 1.13 bits per heavy atom. The fourth-order valence-corrected chi connectivity index (χ4v) is 3.05. The molecule has 0 aliphatic carbocycles. The number of aryl methyl sites for hydroxylation is 1. The molecule has 0 fully saturated rings. The van der Waals surface area contributed by atoms with Crippen LogP contribution in [-0.4, -0.2) is 25.3 Å². The number of ether oxygens (including phenoxy) is 1. The van der Waals surface area contributed by atoms with Gasteiger partial charge in [0.2, 0.25) is 0 Å². The molecule has 0 aromatic heterocycles. The first-order valence-corrected chi connectivity index (χ1v) is 8.85. The van der Waals surface area contributed by atoms with E-state index in [2.05, 4.69) is 36.5 Å². The summed E-state index contributed by atoms with van der Waals surface area (Å²) in [5, 5.41) is 2.94. The maximum atomic E-state index is 12.2. The van der Waals surface area contributed by atoms with E-state index in [9.17, 15) is 4.79 Å². The monoisotopic (exact) mass is 329 g/mol. The molecule has 2 aromatic carbocycles. The number of methoxy groups -OCH3 is 1. The first kappa shape index (κ1) is 17.6. The smallest absolute Gasteiger partial charge is 0.253 e. The van der Waals surface area contributed by atoms with E-state index in [-0.39, 0.29) is 5.91 Å². The summed E-state index contributed by atoms with van der Waals surface area (Å²) in [5.74, 6) is 1.75. The van der Waals surface area contributed by atoms with E-state index < -0.39 is 6.10 Å². The van der Waals surface area contributed by atoms with Gasteiger partial charge in [0.25, 0.3) is 5.91 Å². The van der Waals surface area contributed by atoms with Crippen LogP contribution in [0, 0.1) is 6.92 Å². The Balaban J connectivity index is 1.70. The van der Waals surface area contributed by atoms with Crippen LogP contribution in [0.1, 0.15) is 22.8 Å². The van der Waals surface area contributed by atoms with E-state index >= 15 is 0 Å². The van der Waals surface area contributed by atoms with Gasteiger partial charge >= 0.3 is 0 Å². The number of nitrogens with one attached hydrogen (secondary N) is 1. The van der Waals surface area contributed by atoms with Crippen molar-refractivity contribution in [3.63, 3.8) is 0 Å². The molecule has 1 amide bonds. The summed E-state index contributed by atoms with van der Waals surface area (Å²) in [5.41, 5.74) is 3.46. The van der Waals surface area contributed by atoms with Gasteiger partial charge < -0.3 is 10.1 Å². The van der Waals surface area contributed by atoms with Gasteiger partial charge in [-0.05, 0) is 18.1 Å². The summed E-state index contributed by atoms with van der Waals surface area (Å²) in [4.78, 5) is 12.2. The van der Waals surface area contributed by atoms with Crippen LogP contribution in [0.25, 0.3) is 0 Å². The van der Waals surface area contributed by atoms with Crippen LogP contribution in [0.4, 0.5) is 0 Å². The summed E-state index contributed by atoms with van der Waals surface area (Å²) in [6.07, 6.45) is -0.543. The van der Waals surface area contributed by atoms with Crippen molar-refractivity contribution in [2.24, 2.45) is 0 Å². The van der Waals surface area contributed by atoms with Gasteiger partial charge in [0.15, 0.2) is 6.10 Å². The van der Waals surface area contributed by atoms with Crippen molar-refractivity contribution in [1.82, 2.24) is 5.32 Å². The molecule has 3 nitrogen and oxygen atoms in total. The molecule has 1 atom stereocenters. The molecule has 122 valence electrons. The number of amides is 1. The number of carbonyl (C=O) groups excluding carboxylic acids is 1. The highest BCUT2D eigenvalue weighted by molar-refractivity contribution is 7.98. The SMILES string of the molecule is CO[C@H](C(=O)NCCSCc1ccc(C)cc1)c1ccccc1. The van der Waals surface area contributed by atoms with Crippen LogP contribution in [0.5, 0.6) is 0 Å². The minimum Gasteiger partial charge on any atom is -0.367 e. The molecule has 0 spiro atoms. The average molecular weight is 329 g/mol. The van der Waals surface area contributed by atoms with E-state index in [1.807, 2.05) is 42.1 Å². The summed E-state index contributed by atoms with van der Waals surface area (Å²) < 4.78 is 5.32. The predicted molar refractivity (Wildman–Crippen MR) is 96.5 cm³/mol. The third kappa shape index (κ3) is 5.73. The van der Waals surface area contributed by atoms with Gasteiger partial charge in [-0.1, -0.05) is 60.2 Å². The Morgan fingerprint density at radius 2 is 1.83 bits per heavy atom. The molecule has 0 heterocycles. The van der Waals surface area contributed by atoms with Crippen molar-refractivity contribution >= 4 is 17.7 Å². The zero-order valence-electron chi connectivity index (χ0n) is 13.6. The molecule has 0 saturated heterocycles. The second-order valence-corrected chi connectivity index (χ2v) is 6.46. The lowest BCUT2D eigenvalue weighted by Crippen LogP contribution is -2.32. The Labute approximate surface area is 142 Å². The normalized spacial score (nSPS) is 11.9. The average Bonchev–Trinajstić information content (AvgIpc) is 2.58. The van der Waals surface area contributed by atoms with Crippen LogP contribution >= 0.6 is 11.8 Å². The molecule has 23 heavy (non-hydrogen) atoms. The second kappa shape index (κ2) is 9.38. The third-order valence-corrected chi connectivity index (χ3v) is 4.54. The number of hydrogen-bond donors (Lipinski definition) is 1. The molecule has 1 N–H and O–H groups in total. The first-order chi connectivity index (χ1) is 11.2. The zero-order chi connectivity index (χ0) is 16.5. The van der Waals surface area contributed by atoms with E-state index in [0.29, 0.717) is 6.54 Å². The summed E-state index contributed by atoms with van der Waals surface area (Å²) >= 11 is 1.81. The van der Waals surface area contributed by atoms with Crippen LogP contribution in [0.3, 0.4) is 0 Å². The highest BCUT2D eigenvalue weighted by Gasteiger charge is 2.18. The van der Waals surface area contributed by atoms with Gasteiger partial charge in [-0.15, -0.1) is 0 Å². The Kier molecular flexibility index (Phi) is 7.17. The van der Waals surface area contributed by atoms with E-state index in [1.54, 1.807) is 7.11 Å². The molecule has 0 aliphatic rings. The molecule has 0 aliphatic heterocycles. The molecule has 0 unspecified atom stereocenters. The number of hydrogen-bond acceptors (Lipinski definition) is 3. The highest BCUT2D eigenvalue weighted by Crippen LogP contribution is 2.16. The molecule has 0 bridgehead atoms. The third-order valence-electron chi connectivity index (χ3n) is 3.51. The zero-order valence-corrected chi connectivity index (χ0v) is 14.4. The molecule has 0 radical (unpaired) electrons. The van der Waals surface area contributed by atoms with Gasteiger partial charge in [-0.3, -0.25) is 4.79 Å². The van der Waals surface area contributed by atoms with Crippen molar-refractivity contribution in [2.45, 2.75) is 18.8 Å². The van der Waals surface area contributed by atoms with E-state index in [1.165, 1.54) is 11.1 Å². The van der Waals surface area contributed by atoms with Gasteiger partial charge in [0, 0.05) is 25.2 Å². The maximum Gasteiger partial charge on any atom is 0.253 e. The van der Waals surface area contributed by atoms with Crippen molar-refractivity contribution in [1.29, 1.82) is 0 Å². The minimum absolute atomic E-state index is 0.0883. The maximum absolute atomic E-state index is 12.2. The Morgan fingerprint density at radius 3 is 2.48 bits per heavy atom. The molecule has 4 heteroatoms.